The number of halogens is 1. The summed E-state index contributed by atoms with van der Waals surface area (Å²) in [6.07, 6.45) is -0.414. The molecule has 0 aliphatic heterocycles. The van der Waals surface area contributed by atoms with E-state index in [4.69, 9.17) is 4.74 Å². The van der Waals surface area contributed by atoms with E-state index < -0.39 is 12.1 Å². The summed E-state index contributed by atoms with van der Waals surface area (Å²) in [5.41, 5.74) is 1.58. The van der Waals surface area contributed by atoms with E-state index in [-0.39, 0.29) is 18.9 Å². The van der Waals surface area contributed by atoms with Gasteiger partial charge < -0.3 is 15.4 Å². The molecule has 0 spiro atoms. The minimum Gasteiger partial charge on any atom is -0.450 e. The van der Waals surface area contributed by atoms with E-state index in [9.17, 15) is 9.59 Å². The second-order valence-electron chi connectivity index (χ2n) is 5.09. The van der Waals surface area contributed by atoms with Crippen LogP contribution in [0.1, 0.15) is 24.9 Å². The largest absolute Gasteiger partial charge is 0.450 e. The third-order valence-corrected chi connectivity index (χ3v) is 4.01. The summed E-state index contributed by atoms with van der Waals surface area (Å²) in [5, 5.41) is 5.58. The highest BCUT2D eigenvalue weighted by Gasteiger charge is 2.19. The molecule has 0 fully saturated rings. The number of ether oxygens (including phenoxy) is 1. The molecule has 2 aromatic rings. The lowest BCUT2D eigenvalue weighted by atomic mass is 10.0. The van der Waals surface area contributed by atoms with Crippen molar-refractivity contribution in [1.82, 2.24) is 5.32 Å². The first-order valence-electron chi connectivity index (χ1n) is 7.62. The van der Waals surface area contributed by atoms with Crippen molar-refractivity contribution < 1.29 is 14.3 Å². The van der Waals surface area contributed by atoms with Gasteiger partial charge in [0.2, 0.25) is 5.91 Å². The molecule has 0 aromatic heterocycles. The zero-order chi connectivity index (χ0) is 17.4. The Labute approximate surface area is 154 Å². The van der Waals surface area contributed by atoms with E-state index in [2.05, 4.69) is 33.2 Å². The molecule has 24 heavy (non-hydrogen) atoms. The van der Waals surface area contributed by atoms with Gasteiger partial charge in [-0.2, -0.15) is 0 Å². The normalized spacial score (nSPS) is 11.4. The summed E-state index contributed by atoms with van der Waals surface area (Å²) in [6.45, 7) is 2.02. The summed E-state index contributed by atoms with van der Waals surface area (Å²) < 4.78 is 6.02. The van der Waals surface area contributed by atoms with Gasteiger partial charge in [-0.15, -0.1) is 0 Å². The smallest absolute Gasteiger partial charge is 0.407 e. The molecule has 0 bridgehead atoms. The lowest BCUT2D eigenvalue weighted by molar-refractivity contribution is -0.116. The van der Waals surface area contributed by atoms with Gasteiger partial charge in [0.05, 0.1) is 19.1 Å². The number of amides is 2. The summed E-state index contributed by atoms with van der Waals surface area (Å²) in [5.74, 6) is -0.179. The molecule has 1 atom stereocenters. The van der Waals surface area contributed by atoms with E-state index >= 15 is 0 Å². The van der Waals surface area contributed by atoms with Crippen LogP contribution in [0.15, 0.2) is 54.6 Å². The van der Waals surface area contributed by atoms with Gasteiger partial charge in [0, 0.05) is 9.26 Å². The molecule has 0 aliphatic carbocycles. The maximum atomic E-state index is 12.3. The summed E-state index contributed by atoms with van der Waals surface area (Å²) >= 11 is 2.20. The standard InChI is InChI=1S/C18H19IN2O3/c1-2-24-18(23)21-16(13-6-4-3-5-7-13)12-17(22)20-15-10-8-14(19)9-11-15/h3-11,16H,2,12H2,1H3,(H,20,22)(H,21,23)/t16-/m0/s1. The van der Waals surface area contributed by atoms with Gasteiger partial charge in [0.25, 0.3) is 0 Å². The maximum absolute atomic E-state index is 12.3. The third kappa shape index (κ3) is 5.84. The number of alkyl carbamates (subject to hydrolysis) is 1. The first-order chi connectivity index (χ1) is 11.6. The molecule has 2 aromatic carbocycles. The highest BCUT2D eigenvalue weighted by atomic mass is 127. The second-order valence-corrected chi connectivity index (χ2v) is 6.33. The average molecular weight is 438 g/mol. The first kappa shape index (κ1) is 18.3. The van der Waals surface area contributed by atoms with Gasteiger partial charge in [-0.05, 0) is 59.3 Å². The lowest BCUT2D eigenvalue weighted by Gasteiger charge is -2.18. The van der Waals surface area contributed by atoms with Crippen LogP contribution in [-0.2, 0) is 9.53 Å². The fourth-order valence-electron chi connectivity index (χ4n) is 2.18. The molecule has 0 heterocycles. The van der Waals surface area contributed by atoms with Crippen molar-refractivity contribution in [3.63, 3.8) is 0 Å². The number of anilines is 1. The molecule has 2 N–H and O–H groups in total. The fourth-order valence-corrected chi connectivity index (χ4v) is 2.54. The third-order valence-electron chi connectivity index (χ3n) is 3.29. The average Bonchev–Trinajstić information content (AvgIpc) is 2.57. The Morgan fingerprint density at radius 3 is 2.38 bits per heavy atom. The zero-order valence-electron chi connectivity index (χ0n) is 13.3. The van der Waals surface area contributed by atoms with E-state index in [0.29, 0.717) is 0 Å². The molecule has 0 unspecified atom stereocenters. The van der Waals surface area contributed by atoms with Crippen LogP contribution in [0.3, 0.4) is 0 Å². The predicted molar refractivity (Wildman–Crippen MR) is 102 cm³/mol. The summed E-state index contributed by atoms with van der Waals surface area (Å²) in [6, 6.07) is 16.4. The van der Waals surface area contributed by atoms with Crippen LogP contribution < -0.4 is 10.6 Å². The highest BCUT2D eigenvalue weighted by molar-refractivity contribution is 14.1. The Balaban J connectivity index is 2.05. The topological polar surface area (TPSA) is 67.4 Å². The van der Waals surface area contributed by atoms with E-state index in [0.717, 1.165) is 14.8 Å². The van der Waals surface area contributed by atoms with Crippen LogP contribution in [0, 0.1) is 3.57 Å². The molecular weight excluding hydrogens is 419 g/mol. The van der Waals surface area contributed by atoms with Gasteiger partial charge in [-0.1, -0.05) is 30.3 Å². The Hall–Kier alpha value is -2.09. The van der Waals surface area contributed by atoms with Crippen molar-refractivity contribution in [1.29, 1.82) is 0 Å². The predicted octanol–water partition coefficient (Wildman–Crippen LogP) is 4.11. The fraction of sp³-hybridized carbons (Fsp3) is 0.222. The monoisotopic (exact) mass is 438 g/mol. The molecule has 126 valence electrons. The zero-order valence-corrected chi connectivity index (χ0v) is 15.4. The lowest BCUT2D eigenvalue weighted by Crippen LogP contribution is -2.32. The number of hydrogen-bond acceptors (Lipinski definition) is 3. The minimum absolute atomic E-state index is 0.120. The van der Waals surface area contributed by atoms with E-state index in [1.54, 1.807) is 6.92 Å². The summed E-state index contributed by atoms with van der Waals surface area (Å²) in [7, 11) is 0. The molecular formula is C18H19IN2O3. The minimum atomic E-state index is -0.534. The number of carbonyl (C=O) groups is 2. The number of nitrogens with one attached hydrogen (secondary N) is 2. The van der Waals surface area contributed by atoms with Crippen LogP contribution >= 0.6 is 22.6 Å². The van der Waals surface area contributed by atoms with Crippen LogP contribution in [0.5, 0.6) is 0 Å². The van der Waals surface area contributed by atoms with Crippen LogP contribution in [0.4, 0.5) is 10.5 Å². The van der Waals surface area contributed by atoms with Gasteiger partial charge >= 0.3 is 6.09 Å². The van der Waals surface area contributed by atoms with Crippen molar-refractivity contribution >= 4 is 40.3 Å². The van der Waals surface area contributed by atoms with Gasteiger partial charge in [0.1, 0.15) is 0 Å². The molecule has 0 saturated carbocycles. The Morgan fingerprint density at radius 1 is 1.08 bits per heavy atom. The maximum Gasteiger partial charge on any atom is 0.407 e. The van der Waals surface area contributed by atoms with Crippen LogP contribution in [-0.4, -0.2) is 18.6 Å². The highest BCUT2D eigenvalue weighted by Crippen LogP contribution is 2.18. The number of hydrogen-bond donors (Lipinski definition) is 2. The Morgan fingerprint density at radius 2 is 1.75 bits per heavy atom. The Bertz CT molecular complexity index is 674. The van der Waals surface area contributed by atoms with Gasteiger partial charge in [-0.25, -0.2) is 4.79 Å². The first-order valence-corrected chi connectivity index (χ1v) is 8.70. The molecule has 0 aliphatic rings. The molecule has 0 saturated heterocycles. The molecule has 2 rings (SSSR count). The molecule has 2 amide bonds. The van der Waals surface area contributed by atoms with E-state index in [1.165, 1.54) is 0 Å². The van der Waals surface area contributed by atoms with E-state index in [1.807, 2.05) is 54.6 Å². The van der Waals surface area contributed by atoms with Gasteiger partial charge in [-0.3, -0.25) is 4.79 Å². The quantitative estimate of drug-likeness (QED) is 0.668. The Kier molecular flexibility index (Phi) is 7.05. The molecule has 5 nitrogen and oxygen atoms in total. The number of benzene rings is 2. The van der Waals surface area contributed by atoms with Gasteiger partial charge in [0.15, 0.2) is 0 Å². The second kappa shape index (κ2) is 9.27. The van der Waals surface area contributed by atoms with Crippen molar-refractivity contribution in [2.24, 2.45) is 0 Å². The van der Waals surface area contributed by atoms with Crippen molar-refractivity contribution in [2.75, 3.05) is 11.9 Å². The number of carbonyl (C=O) groups excluding carboxylic acids is 2. The SMILES string of the molecule is CCOC(=O)N[C@@H](CC(=O)Nc1ccc(I)cc1)c1ccccc1. The van der Waals surface area contributed by atoms with Crippen LogP contribution in [0.2, 0.25) is 0 Å². The van der Waals surface area contributed by atoms with Crippen molar-refractivity contribution in [2.45, 2.75) is 19.4 Å². The van der Waals surface area contributed by atoms with Crippen LogP contribution in [0.25, 0.3) is 0 Å². The molecule has 6 heteroatoms. The molecule has 0 radical (unpaired) electrons. The van der Waals surface area contributed by atoms with Crippen molar-refractivity contribution in [3.8, 4) is 0 Å². The van der Waals surface area contributed by atoms with Crippen molar-refractivity contribution in [3.05, 3.63) is 63.7 Å². The summed E-state index contributed by atoms with van der Waals surface area (Å²) in [4.78, 5) is 24.1. The number of rotatable bonds is 6.